The SMILES string of the molecule is CCCOCn1nc2c(c1C)-c1ccc([N+](=O)[O-])cc1C2. The molecule has 0 bridgehead atoms. The summed E-state index contributed by atoms with van der Waals surface area (Å²) in [5.74, 6) is 0. The van der Waals surface area contributed by atoms with Gasteiger partial charge < -0.3 is 4.74 Å². The van der Waals surface area contributed by atoms with Crippen LogP contribution in [0.2, 0.25) is 0 Å². The largest absolute Gasteiger partial charge is 0.359 e. The highest BCUT2D eigenvalue weighted by Crippen LogP contribution is 2.39. The molecule has 1 aromatic heterocycles. The van der Waals surface area contributed by atoms with Crippen LogP contribution < -0.4 is 0 Å². The van der Waals surface area contributed by atoms with Crippen LogP contribution in [0.3, 0.4) is 0 Å². The summed E-state index contributed by atoms with van der Waals surface area (Å²) in [6.07, 6.45) is 1.63. The topological polar surface area (TPSA) is 70.2 Å². The van der Waals surface area contributed by atoms with Gasteiger partial charge in [0.15, 0.2) is 0 Å². The minimum Gasteiger partial charge on any atom is -0.359 e. The molecule has 3 rings (SSSR count). The van der Waals surface area contributed by atoms with E-state index < -0.39 is 0 Å². The number of fused-ring (bicyclic) bond motifs is 3. The van der Waals surface area contributed by atoms with Gasteiger partial charge in [0.25, 0.3) is 5.69 Å². The van der Waals surface area contributed by atoms with Crippen molar-refractivity contribution in [2.24, 2.45) is 0 Å². The average molecular weight is 287 g/mol. The van der Waals surface area contributed by atoms with Crippen molar-refractivity contribution in [3.63, 3.8) is 0 Å². The molecule has 1 heterocycles. The fourth-order valence-electron chi connectivity index (χ4n) is 2.77. The number of hydrogen-bond acceptors (Lipinski definition) is 4. The average Bonchev–Trinajstić information content (AvgIpc) is 2.95. The van der Waals surface area contributed by atoms with Crippen LogP contribution in [0, 0.1) is 17.0 Å². The molecule has 6 heteroatoms. The Morgan fingerprint density at radius 2 is 2.29 bits per heavy atom. The summed E-state index contributed by atoms with van der Waals surface area (Å²) in [6.45, 7) is 5.25. The number of rotatable bonds is 5. The molecule has 0 fully saturated rings. The van der Waals surface area contributed by atoms with Crippen LogP contribution in [-0.2, 0) is 17.9 Å². The molecule has 0 spiro atoms. The van der Waals surface area contributed by atoms with E-state index in [9.17, 15) is 10.1 Å². The maximum absolute atomic E-state index is 10.8. The number of nitro groups is 1. The maximum Gasteiger partial charge on any atom is 0.269 e. The fourth-order valence-corrected chi connectivity index (χ4v) is 2.77. The molecule has 0 unspecified atom stereocenters. The second-order valence-corrected chi connectivity index (χ2v) is 5.22. The molecule has 0 amide bonds. The van der Waals surface area contributed by atoms with E-state index in [0.29, 0.717) is 19.8 Å². The number of nitro benzene ring substituents is 1. The van der Waals surface area contributed by atoms with Gasteiger partial charge in [-0.25, -0.2) is 4.68 Å². The molecule has 0 aliphatic heterocycles. The fraction of sp³-hybridized carbons (Fsp3) is 0.400. The summed E-state index contributed by atoms with van der Waals surface area (Å²) in [4.78, 5) is 10.5. The number of hydrogen-bond donors (Lipinski definition) is 0. The third-order valence-corrected chi connectivity index (χ3v) is 3.77. The molecule has 1 aliphatic rings. The van der Waals surface area contributed by atoms with Crippen molar-refractivity contribution < 1.29 is 9.66 Å². The van der Waals surface area contributed by atoms with Gasteiger partial charge in [-0.15, -0.1) is 0 Å². The van der Waals surface area contributed by atoms with Crippen LogP contribution in [-0.4, -0.2) is 21.3 Å². The van der Waals surface area contributed by atoms with E-state index in [4.69, 9.17) is 4.74 Å². The Morgan fingerprint density at radius 3 is 3.00 bits per heavy atom. The van der Waals surface area contributed by atoms with E-state index in [2.05, 4.69) is 12.0 Å². The van der Waals surface area contributed by atoms with E-state index in [0.717, 1.165) is 34.5 Å². The van der Waals surface area contributed by atoms with Crippen LogP contribution in [0.1, 0.15) is 30.3 Å². The lowest BCUT2D eigenvalue weighted by Gasteiger charge is -2.07. The van der Waals surface area contributed by atoms with Gasteiger partial charge in [-0.2, -0.15) is 5.10 Å². The second-order valence-electron chi connectivity index (χ2n) is 5.22. The molecule has 1 aromatic carbocycles. The molecule has 0 saturated heterocycles. The van der Waals surface area contributed by atoms with Gasteiger partial charge in [-0.1, -0.05) is 6.92 Å². The third kappa shape index (κ3) is 2.31. The highest BCUT2D eigenvalue weighted by atomic mass is 16.6. The zero-order valence-corrected chi connectivity index (χ0v) is 12.1. The lowest BCUT2D eigenvalue weighted by Crippen LogP contribution is -2.07. The summed E-state index contributed by atoms with van der Waals surface area (Å²) in [5, 5.41) is 15.4. The summed E-state index contributed by atoms with van der Waals surface area (Å²) >= 11 is 0. The summed E-state index contributed by atoms with van der Waals surface area (Å²) in [7, 11) is 0. The van der Waals surface area contributed by atoms with Gasteiger partial charge in [-0.05, 0) is 30.5 Å². The van der Waals surface area contributed by atoms with Crippen molar-refractivity contribution in [2.75, 3.05) is 6.61 Å². The normalized spacial score (nSPS) is 12.3. The van der Waals surface area contributed by atoms with Gasteiger partial charge in [0.2, 0.25) is 0 Å². The van der Waals surface area contributed by atoms with E-state index in [1.165, 1.54) is 0 Å². The summed E-state index contributed by atoms with van der Waals surface area (Å²) < 4.78 is 7.40. The van der Waals surface area contributed by atoms with Crippen LogP contribution in [0.5, 0.6) is 0 Å². The zero-order valence-electron chi connectivity index (χ0n) is 12.1. The minimum atomic E-state index is -0.359. The lowest BCUT2D eigenvalue weighted by atomic mass is 10.1. The third-order valence-electron chi connectivity index (χ3n) is 3.77. The minimum absolute atomic E-state index is 0.135. The van der Waals surface area contributed by atoms with Gasteiger partial charge in [0, 0.05) is 36.4 Å². The van der Waals surface area contributed by atoms with E-state index in [1.807, 2.05) is 17.7 Å². The molecule has 6 nitrogen and oxygen atoms in total. The van der Waals surface area contributed by atoms with Crippen molar-refractivity contribution in [2.45, 2.75) is 33.4 Å². The molecule has 0 N–H and O–H groups in total. The predicted molar refractivity (Wildman–Crippen MR) is 78.1 cm³/mol. The molecule has 0 saturated carbocycles. The number of ether oxygens (including phenoxy) is 1. The molecule has 0 radical (unpaired) electrons. The van der Waals surface area contributed by atoms with Gasteiger partial charge >= 0.3 is 0 Å². The monoisotopic (exact) mass is 287 g/mol. The lowest BCUT2D eigenvalue weighted by molar-refractivity contribution is -0.384. The Morgan fingerprint density at radius 1 is 1.48 bits per heavy atom. The number of nitrogens with zero attached hydrogens (tertiary/aromatic N) is 3. The highest BCUT2D eigenvalue weighted by molar-refractivity contribution is 5.78. The van der Waals surface area contributed by atoms with Crippen molar-refractivity contribution in [1.82, 2.24) is 9.78 Å². The maximum atomic E-state index is 10.8. The Labute approximate surface area is 122 Å². The molecule has 2 aromatic rings. The van der Waals surface area contributed by atoms with Gasteiger partial charge in [-0.3, -0.25) is 10.1 Å². The molecular formula is C15H17N3O3. The first kappa shape index (κ1) is 13.8. The van der Waals surface area contributed by atoms with E-state index >= 15 is 0 Å². The Kier molecular flexibility index (Phi) is 3.47. The van der Waals surface area contributed by atoms with Gasteiger partial charge in [0.05, 0.1) is 10.6 Å². The Balaban J connectivity index is 1.93. The second kappa shape index (κ2) is 5.29. The van der Waals surface area contributed by atoms with Gasteiger partial charge in [0.1, 0.15) is 6.73 Å². The predicted octanol–water partition coefficient (Wildman–Crippen LogP) is 3.06. The number of non-ortho nitro benzene ring substituents is 1. The highest BCUT2D eigenvalue weighted by Gasteiger charge is 2.27. The smallest absolute Gasteiger partial charge is 0.269 e. The molecule has 0 atom stereocenters. The first-order valence-corrected chi connectivity index (χ1v) is 7.03. The van der Waals surface area contributed by atoms with Crippen molar-refractivity contribution in [3.8, 4) is 11.1 Å². The molecular weight excluding hydrogens is 270 g/mol. The zero-order chi connectivity index (χ0) is 15.0. The Hall–Kier alpha value is -2.21. The van der Waals surface area contributed by atoms with Crippen LogP contribution in [0.15, 0.2) is 18.2 Å². The van der Waals surface area contributed by atoms with Crippen LogP contribution in [0.4, 0.5) is 5.69 Å². The van der Waals surface area contributed by atoms with Crippen molar-refractivity contribution in [3.05, 3.63) is 45.3 Å². The quantitative estimate of drug-likeness (QED) is 0.411. The number of aromatic nitrogens is 2. The first-order chi connectivity index (χ1) is 10.1. The molecule has 21 heavy (non-hydrogen) atoms. The molecule has 110 valence electrons. The summed E-state index contributed by atoms with van der Waals surface area (Å²) in [6, 6.07) is 5.03. The Bertz CT molecular complexity index is 706. The van der Waals surface area contributed by atoms with Crippen molar-refractivity contribution >= 4 is 5.69 Å². The standard InChI is InChI=1S/C15H17N3O3/c1-3-6-21-9-17-10(2)15-13-5-4-12(18(19)20)7-11(13)8-14(15)16-17/h4-5,7H,3,6,8-9H2,1-2H3. The van der Waals surface area contributed by atoms with E-state index in [-0.39, 0.29) is 10.6 Å². The van der Waals surface area contributed by atoms with Crippen LogP contribution >= 0.6 is 0 Å². The number of benzene rings is 1. The van der Waals surface area contributed by atoms with Crippen LogP contribution in [0.25, 0.3) is 11.1 Å². The van der Waals surface area contributed by atoms with Crippen molar-refractivity contribution in [1.29, 1.82) is 0 Å². The summed E-state index contributed by atoms with van der Waals surface area (Å²) in [5.41, 5.74) is 5.29. The molecule has 1 aliphatic carbocycles. The first-order valence-electron chi connectivity index (χ1n) is 7.03. The van der Waals surface area contributed by atoms with E-state index in [1.54, 1.807) is 12.1 Å².